The molecule has 8 nitrogen and oxygen atoms in total. The van der Waals surface area contributed by atoms with Gasteiger partial charge in [0.05, 0.1) is 23.1 Å². The monoisotopic (exact) mass is 517 g/mol. The summed E-state index contributed by atoms with van der Waals surface area (Å²) in [6.45, 7) is 0.907. The van der Waals surface area contributed by atoms with Gasteiger partial charge in [0, 0.05) is 51.2 Å². The Labute approximate surface area is 216 Å². The van der Waals surface area contributed by atoms with Crippen molar-refractivity contribution < 1.29 is 22.7 Å². The summed E-state index contributed by atoms with van der Waals surface area (Å²) in [4.78, 5) is 13.9. The predicted molar refractivity (Wildman–Crippen MR) is 137 cm³/mol. The van der Waals surface area contributed by atoms with E-state index in [1.165, 1.54) is 28.6 Å². The number of benzene rings is 3. The highest BCUT2D eigenvalue weighted by molar-refractivity contribution is 7.89. The van der Waals surface area contributed by atoms with Crippen molar-refractivity contribution in [3.8, 4) is 22.9 Å². The third-order valence-corrected chi connectivity index (χ3v) is 8.74. The zero-order chi connectivity index (χ0) is 26.2. The Morgan fingerprint density at radius 2 is 1.62 bits per heavy atom. The summed E-state index contributed by atoms with van der Waals surface area (Å²) < 4.78 is 40.0. The van der Waals surface area contributed by atoms with Crippen LogP contribution >= 0.6 is 0 Å². The van der Waals surface area contributed by atoms with Gasteiger partial charge in [-0.25, -0.2) is 8.42 Å². The van der Waals surface area contributed by atoms with E-state index in [4.69, 9.17) is 14.7 Å². The second-order valence-electron chi connectivity index (χ2n) is 9.44. The van der Waals surface area contributed by atoms with E-state index < -0.39 is 15.8 Å². The molecule has 190 valence electrons. The number of nitriles is 1. The number of nitrogens with zero attached hydrogens (tertiary/aromatic N) is 3. The van der Waals surface area contributed by atoms with Crippen LogP contribution in [0, 0.1) is 11.3 Å². The predicted octanol–water partition coefficient (Wildman–Crippen LogP) is 4.02. The van der Waals surface area contributed by atoms with E-state index in [2.05, 4.69) is 0 Å². The van der Waals surface area contributed by atoms with Crippen molar-refractivity contribution in [2.24, 2.45) is 0 Å². The molecule has 0 radical (unpaired) electrons. The molecule has 0 unspecified atom stereocenters. The molecule has 9 heteroatoms. The molecule has 0 aliphatic carbocycles. The maximum Gasteiger partial charge on any atom is 0.253 e. The zero-order valence-corrected chi connectivity index (χ0v) is 21.5. The molecule has 3 aromatic carbocycles. The topological polar surface area (TPSA) is 99.9 Å². The molecule has 2 heterocycles. The summed E-state index contributed by atoms with van der Waals surface area (Å²) in [5, 5.41) is 8.96. The van der Waals surface area contributed by atoms with Crippen LogP contribution in [0.25, 0.3) is 11.1 Å². The first-order chi connectivity index (χ1) is 17.7. The van der Waals surface area contributed by atoms with Crippen LogP contribution in [0.1, 0.15) is 34.3 Å². The molecule has 0 aromatic heterocycles. The van der Waals surface area contributed by atoms with Crippen LogP contribution in [0.2, 0.25) is 0 Å². The van der Waals surface area contributed by atoms with Crippen molar-refractivity contribution in [1.82, 2.24) is 9.21 Å². The van der Waals surface area contributed by atoms with Crippen molar-refractivity contribution in [3.63, 3.8) is 0 Å². The van der Waals surface area contributed by atoms with Gasteiger partial charge in [0.2, 0.25) is 15.8 Å². The summed E-state index contributed by atoms with van der Waals surface area (Å²) in [5.41, 5.74) is 3.95. The molecule has 2 aliphatic heterocycles. The molecular weight excluding hydrogens is 490 g/mol. The van der Waals surface area contributed by atoms with Gasteiger partial charge in [-0.05, 0) is 59.7 Å². The summed E-state index contributed by atoms with van der Waals surface area (Å²) in [5.74, 6) is -0.169. The van der Waals surface area contributed by atoms with Crippen LogP contribution < -0.4 is 4.74 Å². The molecule has 1 saturated heterocycles. The van der Waals surface area contributed by atoms with E-state index in [1.807, 2.05) is 48.5 Å². The molecule has 5 rings (SSSR count). The Kier molecular flexibility index (Phi) is 6.50. The maximum absolute atomic E-state index is 13.1. The van der Waals surface area contributed by atoms with Crippen molar-refractivity contribution in [2.75, 3.05) is 27.2 Å². The molecular formula is C28H27N3O5S. The third kappa shape index (κ3) is 4.83. The van der Waals surface area contributed by atoms with Crippen molar-refractivity contribution >= 4 is 15.9 Å². The molecule has 1 amide bonds. The molecule has 0 bridgehead atoms. The molecule has 37 heavy (non-hydrogen) atoms. The van der Waals surface area contributed by atoms with Gasteiger partial charge in [-0.15, -0.1) is 0 Å². The van der Waals surface area contributed by atoms with E-state index in [-0.39, 0.29) is 23.9 Å². The number of hydrogen-bond acceptors (Lipinski definition) is 6. The van der Waals surface area contributed by atoms with Crippen LogP contribution in [-0.2, 0) is 21.4 Å². The maximum atomic E-state index is 13.1. The summed E-state index contributed by atoms with van der Waals surface area (Å²) in [6, 6.07) is 21.4. The number of carbonyl (C=O) groups is 1. The second kappa shape index (κ2) is 9.63. The highest BCUT2D eigenvalue weighted by Crippen LogP contribution is 2.40. The van der Waals surface area contributed by atoms with E-state index in [9.17, 15) is 13.2 Å². The Bertz CT molecular complexity index is 1470. The number of piperidine rings is 1. The molecule has 2 aliphatic rings. The number of rotatable bonds is 4. The van der Waals surface area contributed by atoms with Crippen molar-refractivity contribution in [3.05, 3.63) is 83.4 Å². The number of sulfonamides is 1. The number of amides is 1. The average molecular weight is 518 g/mol. The minimum absolute atomic E-state index is 0.0418. The fourth-order valence-corrected chi connectivity index (χ4v) is 6.08. The summed E-state index contributed by atoms with van der Waals surface area (Å²) >= 11 is 0. The van der Waals surface area contributed by atoms with Crippen molar-refractivity contribution in [1.29, 1.82) is 5.26 Å². The Hall–Kier alpha value is -3.71. The van der Waals surface area contributed by atoms with Crippen LogP contribution in [-0.4, -0.2) is 56.5 Å². The molecule has 1 fully saturated rings. The summed E-state index contributed by atoms with van der Waals surface area (Å²) in [6.07, 6.45) is 0.816. The van der Waals surface area contributed by atoms with E-state index in [0.29, 0.717) is 30.6 Å². The normalized spacial score (nSPS) is 16.9. The highest BCUT2D eigenvalue weighted by atomic mass is 32.2. The highest BCUT2D eigenvalue weighted by Gasteiger charge is 2.43. The van der Waals surface area contributed by atoms with Crippen LogP contribution in [0.4, 0.5) is 0 Å². The van der Waals surface area contributed by atoms with Crippen LogP contribution in [0.3, 0.4) is 0 Å². The first kappa shape index (κ1) is 25.0. The standard InChI is InChI=1S/C28H27N3O5S/c1-30(2)27(32)22-7-5-21(6-8-22)23-9-12-26-24(17-23)19-35-28(36-26)13-15-31(16-14-28)37(33,34)25-10-3-20(18-29)4-11-25/h3-12,17H,13-16,19H2,1-2H3. The molecule has 0 N–H and O–H groups in total. The Morgan fingerprint density at radius 1 is 0.973 bits per heavy atom. The quantitative estimate of drug-likeness (QED) is 0.518. The average Bonchev–Trinajstić information content (AvgIpc) is 2.92. The van der Waals surface area contributed by atoms with Gasteiger partial charge in [0.1, 0.15) is 5.75 Å². The first-order valence-electron chi connectivity index (χ1n) is 12.0. The Balaban J connectivity index is 1.27. The van der Waals surface area contributed by atoms with Gasteiger partial charge in [0.15, 0.2) is 0 Å². The lowest BCUT2D eigenvalue weighted by molar-refractivity contribution is -0.223. The van der Waals surface area contributed by atoms with E-state index in [0.717, 1.165) is 22.4 Å². The summed E-state index contributed by atoms with van der Waals surface area (Å²) in [7, 11) is -0.210. The van der Waals surface area contributed by atoms with Gasteiger partial charge in [-0.3, -0.25) is 4.79 Å². The first-order valence-corrected chi connectivity index (χ1v) is 13.4. The minimum atomic E-state index is -3.66. The van der Waals surface area contributed by atoms with Crippen molar-refractivity contribution in [2.45, 2.75) is 30.1 Å². The number of carbonyl (C=O) groups excluding carboxylic acids is 1. The molecule has 0 saturated carbocycles. The molecule has 3 aromatic rings. The lowest BCUT2D eigenvalue weighted by Crippen LogP contribution is -2.52. The lowest BCUT2D eigenvalue weighted by atomic mass is 9.99. The van der Waals surface area contributed by atoms with E-state index in [1.54, 1.807) is 19.0 Å². The van der Waals surface area contributed by atoms with Gasteiger partial charge in [-0.2, -0.15) is 9.57 Å². The second-order valence-corrected chi connectivity index (χ2v) is 11.4. The number of ether oxygens (including phenoxy) is 2. The van der Waals surface area contributed by atoms with Crippen LogP contribution in [0.15, 0.2) is 71.6 Å². The van der Waals surface area contributed by atoms with Gasteiger partial charge < -0.3 is 14.4 Å². The smallest absolute Gasteiger partial charge is 0.253 e. The van der Waals surface area contributed by atoms with E-state index >= 15 is 0 Å². The molecule has 1 spiro atoms. The van der Waals surface area contributed by atoms with Gasteiger partial charge in [0.25, 0.3) is 5.91 Å². The van der Waals surface area contributed by atoms with Gasteiger partial charge in [-0.1, -0.05) is 18.2 Å². The Morgan fingerprint density at radius 3 is 2.24 bits per heavy atom. The number of fused-ring (bicyclic) bond motifs is 1. The minimum Gasteiger partial charge on any atom is -0.462 e. The number of hydrogen-bond donors (Lipinski definition) is 0. The molecule has 0 atom stereocenters. The lowest BCUT2D eigenvalue weighted by Gasteiger charge is -2.43. The van der Waals surface area contributed by atoms with Crippen LogP contribution in [0.5, 0.6) is 5.75 Å². The fraction of sp³-hybridized carbons (Fsp3) is 0.286. The fourth-order valence-electron chi connectivity index (χ4n) is 4.64. The van der Waals surface area contributed by atoms with Gasteiger partial charge >= 0.3 is 0 Å². The SMILES string of the molecule is CN(C)C(=O)c1ccc(-c2ccc3c(c2)COC2(CCN(S(=O)(=O)c4ccc(C#N)cc4)CC2)O3)cc1. The zero-order valence-electron chi connectivity index (χ0n) is 20.7. The largest absolute Gasteiger partial charge is 0.462 e. The third-order valence-electron chi connectivity index (χ3n) is 6.82.